The highest BCUT2D eigenvalue weighted by Crippen LogP contribution is 2.23. The van der Waals surface area contributed by atoms with Gasteiger partial charge in [0.1, 0.15) is 5.75 Å². The van der Waals surface area contributed by atoms with E-state index < -0.39 is 0 Å². The minimum absolute atomic E-state index is 0.0406. The van der Waals surface area contributed by atoms with Crippen molar-refractivity contribution in [3.8, 4) is 5.75 Å². The van der Waals surface area contributed by atoms with Gasteiger partial charge in [-0.2, -0.15) is 5.10 Å². The molecule has 0 saturated carbocycles. The monoisotopic (exact) mass is 367 g/mol. The predicted molar refractivity (Wildman–Crippen MR) is 111 cm³/mol. The predicted octanol–water partition coefficient (Wildman–Crippen LogP) is 3.95. The van der Waals surface area contributed by atoms with Crippen LogP contribution in [0.2, 0.25) is 0 Å². The van der Waals surface area contributed by atoms with Crippen molar-refractivity contribution in [3.63, 3.8) is 0 Å². The van der Waals surface area contributed by atoms with Gasteiger partial charge in [-0.1, -0.05) is 37.3 Å². The Bertz CT molecular complexity index is 930. The Labute approximate surface area is 161 Å². The Balaban J connectivity index is 0.000000194. The lowest BCUT2D eigenvalue weighted by Crippen LogP contribution is -2.20. The molecule has 1 atom stereocenters. The van der Waals surface area contributed by atoms with Crippen molar-refractivity contribution in [1.82, 2.24) is 14.7 Å². The van der Waals surface area contributed by atoms with Crippen LogP contribution in [0.1, 0.15) is 30.6 Å². The third-order valence-corrected chi connectivity index (χ3v) is 4.65. The van der Waals surface area contributed by atoms with Crippen LogP contribution in [0.3, 0.4) is 0 Å². The molecule has 0 fully saturated rings. The third kappa shape index (κ3) is 4.95. The molecule has 1 aromatic heterocycles. The second-order valence-corrected chi connectivity index (χ2v) is 6.72. The zero-order valence-electron chi connectivity index (χ0n) is 17.1. The molecule has 144 valence electrons. The number of aromatic nitrogens is 2. The summed E-state index contributed by atoms with van der Waals surface area (Å²) in [6.45, 7) is 4.11. The van der Waals surface area contributed by atoms with Gasteiger partial charge >= 0.3 is 0 Å². The minimum atomic E-state index is -0.0406. The first-order chi connectivity index (χ1) is 12.9. The number of fused-ring (bicyclic) bond motifs is 1. The summed E-state index contributed by atoms with van der Waals surface area (Å²) in [6.07, 6.45) is 1.12. The van der Waals surface area contributed by atoms with Crippen LogP contribution in [0.15, 0.2) is 53.3 Å². The minimum Gasteiger partial charge on any atom is -0.497 e. The maximum atomic E-state index is 11.6. The van der Waals surface area contributed by atoms with Crippen LogP contribution in [-0.4, -0.2) is 35.9 Å². The van der Waals surface area contributed by atoms with Gasteiger partial charge in [-0.25, -0.2) is 4.68 Å². The van der Waals surface area contributed by atoms with Gasteiger partial charge in [0.2, 0.25) is 0 Å². The first kappa shape index (κ1) is 20.6. The molecule has 0 spiro atoms. The average molecular weight is 367 g/mol. The molecule has 1 heterocycles. The van der Waals surface area contributed by atoms with Gasteiger partial charge in [0.25, 0.3) is 5.56 Å². The van der Waals surface area contributed by atoms with Gasteiger partial charge in [-0.3, -0.25) is 4.79 Å². The quantitative estimate of drug-likeness (QED) is 0.700. The van der Waals surface area contributed by atoms with E-state index in [0.29, 0.717) is 6.04 Å². The number of benzene rings is 2. The Morgan fingerprint density at radius 2 is 1.67 bits per heavy atom. The van der Waals surface area contributed by atoms with Crippen molar-refractivity contribution in [2.45, 2.75) is 26.3 Å². The molecule has 1 unspecified atom stereocenters. The van der Waals surface area contributed by atoms with Crippen LogP contribution in [0.4, 0.5) is 0 Å². The molecule has 3 rings (SSSR count). The van der Waals surface area contributed by atoms with E-state index in [4.69, 9.17) is 4.74 Å². The fourth-order valence-electron chi connectivity index (χ4n) is 3.21. The van der Waals surface area contributed by atoms with Crippen LogP contribution in [0, 0.1) is 6.92 Å². The van der Waals surface area contributed by atoms with Gasteiger partial charge in [0.15, 0.2) is 0 Å². The van der Waals surface area contributed by atoms with Crippen molar-refractivity contribution in [1.29, 1.82) is 0 Å². The molecule has 0 radical (unpaired) electrons. The second kappa shape index (κ2) is 9.33. The van der Waals surface area contributed by atoms with Gasteiger partial charge in [0, 0.05) is 18.5 Å². The smallest absolute Gasteiger partial charge is 0.274 e. The molecule has 5 nitrogen and oxygen atoms in total. The van der Waals surface area contributed by atoms with Crippen molar-refractivity contribution in [3.05, 3.63) is 70.1 Å². The topological polar surface area (TPSA) is 47.4 Å². The first-order valence-electron chi connectivity index (χ1n) is 9.12. The lowest BCUT2D eigenvalue weighted by Gasteiger charge is -2.23. The summed E-state index contributed by atoms with van der Waals surface area (Å²) < 4.78 is 6.50. The van der Waals surface area contributed by atoms with E-state index in [9.17, 15) is 4.79 Å². The van der Waals surface area contributed by atoms with Gasteiger partial charge < -0.3 is 9.64 Å². The molecule has 3 aromatic rings. The Morgan fingerprint density at radius 3 is 2.19 bits per heavy atom. The Kier molecular flexibility index (Phi) is 7.13. The van der Waals surface area contributed by atoms with Crippen LogP contribution < -0.4 is 10.3 Å². The molecular formula is C22H29N3O2. The van der Waals surface area contributed by atoms with Crippen LogP contribution in [-0.2, 0) is 7.05 Å². The zero-order valence-corrected chi connectivity index (χ0v) is 17.1. The number of hydrogen-bond acceptors (Lipinski definition) is 4. The summed E-state index contributed by atoms with van der Waals surface area (Å²) >= 11 is 0. The van der Waals surface area contributed by atoms with Crippen LogP contribution >= 0.6 is 0 Å². The zero-order chi connectivity index (χ0) is 20.0. The number of hydrogen-bond donors (Lipinski definition) is 0. The summed E-state index contributed by atoms with van der Waals surface area (Å²) in [5.74, 6) is 0.919. The SMILES string of the molecule is CCC(c1ccc(OC)cc1)N(C)C.Cc1nn(C)c(=O)c2ccccc12. The molecule has 0 N–H and O–H groups in total. The average Bonchev–Trinajstić information content (AvgIpc) is 2.67. The summed E-state index contributed by atoms with van der Waals surface area (Å²) in [5, 5.41) is 5.78. The van der Waals surface area contributed by atoms with E-state index in [2.05, 4.69) is 43.2 Å². The molecule has 0 amide bonds. The summed E-state index contributed by atoms with van der Waals surface area (Å²) in [6, 6.07) is 16.3. The van der Waals surface area contributed by atoms with E-state index >= 15 is 0 Å². The summed E-state index contributed by atoms with van der Waals surface area (Å²) in [4.78, 5) is 13.8. The van der Waals surface area contributed by atoms with Crippen molar-refractivity contribution < 1.29 is 4.74 Å². The lowest BCUT2D eigenvalue weighted by molar-refractivity contribution is 0.291. The van der Waals surface area contributed by atoms with E-state index in [1.54, 1.807) is 14.2 Å². The molecule has 5 heteroatoms. The largest absolute Gasteiger partial charge is 0.497 e. The van der Waals surface area contributed by atoms with Gasteiger partial charge in [0.05, 0.1) is 18.2 Å². The fraction of sp³-hybridized carbons (Fsp3) is 0.364. The molecule has 0 bridgehead atoms. The Hall–Kier alpha value is -2.66. The molecule has 27 heavy (non-hydrogen) atoms. The normalized spacial score (nSPS) is 11.8. The summed E-state index contributed by atoms with van der Waals surface area (Å²) in [5.41, 5.74) is 2.19. The van der Waals surface area contributed by atoms with E-state index in [0.717, 1.165) is 28.6 Å². The number of methoxy groups -OCH3 is 1. The highest BCUT2D eigenvalue weighted by atomic mass is 16.5. The van der Waals surface area contributed by atoms with Gasteiger partial charge in [-0.05, 0) is 51.2 Å². The van der Waals surface area contributed by atoms with E-state index in [1.807, 2.05) is 43.3 Å². The maximum Gasteiger partial charge on any atom is 0.274 e. The third-order valence-electron chi connectivity index (χ3n) is 4.65. The number of ether oxygens (including phenoxy) is 1. The van der Waals surface area contributed by atoms with Crippen molar-refractivity contribution >= 4 is 10.8 Å². The second-order valence-electron chi connectivity index (χ2n) is 6.72. The molecule has 0 saturated heterocycles. The Morgan fingerprint density at radius 1 is 1.07 bits per heavy atom. The van der Waals surface area contributed by atoms with Crippen molar-refractivity contribution in [2.75, 3.05) is 21.2 Å². The molecular weight excluding hydrogens is 338 g/mol. The standard InChI is InChI=1S/C12H19NO.C10H10N2O/c1-5-12(13(2)3)10-6-8-11(14-4)9-7-10;1-7-8-5-3-4-6-9(8)10(13)12(2)11-7/h6-9,12H,5H2,1-4H3;3-6H,1-2H3. The van der Waals surface area contributed by atoms with Crippen LogP contribution in [0.25, 0.3) is 10.8 Å². The number of nitrogens with zero attached hydrogens (tertiary/aromatic N) is 3. The first-order valence-corrected chi connectivity index (χ1v) is 9.12. The lowest BCUT2D eigenvalue weighted by atomic mass is 10.0. The number of aryl methyl sites for hydroxylation is 2. The highest BCUT2D eigenvalue weighted by molar-refractivity contribution is 5.83. The highest BCUT2D eigenvalue weighted by Gasteiger charge is 2.10. The molecule has 0 aliphatic heterocycles. The maximum absolute atomic E-state index is 11.6. The molecule has 2 aromatic carbocycles. The van der Waals surface area contributed by atoms with Gasteiger partial charge in [-0.15, -0.1) is 0 Å². The number of rotatable bonds is 4. The fourth-order valence-corrected chi connectivity index (χ4v) is 3.21. The van der Waals surface area contributed by atoms with E-state index in [1.165, 1.54) is 10.2 Å². The van der Waals surface area contributed by atoms with E-state index in [-0.39, 0.29) is 5.56 Å². The van der Waals surface area contributed by atoms with Crippen LogP contribution in [0.5, 0.6) is 5.75 Å². The molecule has 0 aliphatic rings. The van der Waals surface area contributed by atoms with Crippen molar-refractivity contribution in [2.24, 2.45) is 7.05 Å². The summed E-state index contributed by atoms with van der Waals surface area (Å²) in [7, 11) is 7.58. The molecule has 0 aliphatic carbocycles.